The monoisotopic (exact) mass is 444 g/mol. The molecule has 11 nitrogen and oxygen atoms in total. The van der Waals surface area contributed by atoms with Crippen LogP contribution in [0.3, 0.4) is 0 Å². The number of carbonyl (C=O) groups is 2. The summed E-state index contributed by atoms with van der Waals surface area (Å²) >= 11 is 0. The average molecular weight is 444 g/mol. The van der Waals surface area contributed by atoms with E-state index in [1.165, 1.54) is 16.8 Å². The molecule has 32 heavy (non-hydrogen) atoms. The number of nitrogen functional groups attached to an aromatic ring is 1. The number of esters is 2. The summed E-state index contributed by atoms with van der Waals surface area (Å²) in [4.78, 5) is 39.4. The molecule has 2 aromatic rings. The minimum absolute atomic E-state index is 0.0226. The molecule has 1 fully saturated rings. The maximum absolute atomic E-state index is 12.0. The zero-order chi connectivity index (χ0) is 23.1. The van der Waals surface area contributed by atoms with Crippen molar-refractivity contribution in [2.75, 3.05) is 12.3 Å². The van der Waals surface area contributed by atoms with Gasteiger partial charge in [0.2, 0.25) is 0 Å². The SMILES string of the molecule is C/C(=N\O)c1ccc(OC(=O)CCC(=O)OC[C@@H]2CCC(n3ccc(N)nc3=O)O2)cc1. The second-order valence-electron chi connectivity index (χ2n) is 7.20. The van der Waals surface area contributed by atoms with E-state index < -0.39 is 23.9 Å². The molecule has 2 heterocycles. The first-order valence-corrected chi connectivity index (χ1v) is 10.0. The Kier molecular flexibility index (Phi) is 7.55. The Bertz CT molecular complexity index is 1050. The zero-order valence-electron chi connectivity index (χ0n) is 17.5. The van der Waals surface area contributed by atoms with Crippen LogP contribution < -0.4 is 16.2 Å². The van der Waals surface area contributed by atoms with E-state index in [0.29, 0.717) is 29.9 Å². The quantitative estimate of drug-likeness (QED) is 0.203. The van der Waals surface area contributed by atoms with Gasteiger partial charge in [0, 0.05) is 6.20 Å². The number of rotatable bonds is 8. The lowest BCUT2D eigenvalue weighted by molar-refractivity contribution is -0.150. The lowest BCUT2D eigenvalue weighted by Crippen LogP contribution is -2.28. The molecular formula is C21H24N4O7. The molecule has 0 aliphatic carbocycles. The molecule has 1 aromatic heterocycles. The van der Waals surface area contributed by atoms with Crippen molar-refractivity contribution >= 4 is 23.5 Å². The molecule has 11 heteroatoms. The molecule has 170 valence electrons. The van der Waals surface area contributed by atoms with Crippen LogP contribution in [0.15, 0.2) is 46.5 Å². The highest BCUT2D eigenvalue weighted by molar-refractivity contribution is 5.98. The van der Waals surface area contributed by atoms with Gasteiger partial charge >= 0.3 is 17.6 Å². The van der Waals surface area contributed by atoms with Gasteiger partial charge in [-0.05, 0) is 55.7 Å². The van der Waals surface area contributed by atoms with Gasteiger partial charge in [-0.3, -0.25) is 14.2 Å². The van der Waals surface area contributed by atoms with Gasteiger partial charge in [0.15, 0.2) is 0 Å². The number of anilines is 1. The Balaban J connectivity index is 1.38. The van der Waals surface area contributed by atoms with Gasteiger partial charge in [-0.15, -0.1) is 0 Å². The van der Waals surface area contributed by atoms with Crippen LogP contribution in [0.5, 0.6) is 5.75 Å². The number of carbonyl (C=O) groups excluding carboxylic acids is 2. The Morgan fingerprint density at radius 3 is 2.62 bits per heavy atom. The zero-order valence-corrected chi connectivity index (χ0v) is 17.5. The summed E-state index contributed by atoms with van der Waals surface area (Å²) in [7, 11) is 0. The van der Waals surface area contributed by atoms with Crippen LogP contribution in [-0.4, -0.2) is 45.1 Å². The van der Waals surface area contributed by atoms with Crippen LogP contribution in [0, 0.1) is 0 Å². The van der Waals surface area contributed by atoms with Gasteiger partial charge in [0.05, 0.1) is 24.7 Å². The number of nitrogens with zero attached hydrogens (tertiary/aromatic N) is 3. The van der Waals surface area contributed by atoms with Crippen molar-refractivity contribution in [1.29, 1.82) is 0 Å². The van der Waals surface area contributed by atoms with E-state index in [9.17, 15) is 14.4 Å². The Morgan fingerprint density at radius 1 is 1.22 bits per heavy atom. The second kappa shape index (κ2) is 10.5. The maximum atomic E-state index is 12.0. The first-order valence-electron chi connectivity index (χ1n) is 10.0. The van der Waals surface area contributed by atoms with E-state index in [-0.39, 0.29) is 31.4 Å². The summed E-state index contributed by atoms with van der Waals surface area (Å²) in [6.07, 6.45) is 1.57. The summed E-state index contributed by atoms with van der Waals surface area (Å²) in [5.41, 5.74) is 6.09. The fourth-order valence-electron chi connectivity index (χ4n) is 3.13. The molecule has 1 aliphatic rings. The number of oxime groups is 1. The number of benzene rings is 1. The second-order valence-corrected chi connectivity index (χ2v) is 7.20. The van der Waals surface area contributed by atoms with Crippen molar-refractivity contribution in [3.8, 4) is 5.75 Å². The first kappa shape index (κ1) is 22.9. The highest BCUT2D eigenvalue weighted by Crippen LogP contribution is 2.27. The van der Waals surface area contributed by atoms with Gasteiger partial charge in [-0.1, -0.05) is 5.16 Å². The van der Waals surface area contributed by atoms with E-state index >= 15 is 0 Å². The molecule has 1 aromatic carbocycles. The first-order chi connectivity index (χ1) is 15.4. The van der Waals surface area contributed by atoms with Gasteiger partial charge in [-0.2, -0.15) is 4.98 Å². The summed E-state index contributed by atoms with van der Waals surface area (Å²) < 4.78 is 17.4. The average Bonchev–Trinajstić information content (AvgIpc) is 3.25. The van der Waals surface area contributed by atoms with Crippen molar-refractivity contribution in [3.63, 3.8) is 0 Å². The van der Waals surface area contributed by atoms with Crippen LogP contribution in [0.2, 0.25) is 0 Å². The standard InChI is InChI=1S/C21H24N4O7/c1-13(24-29)14-2-4-15(5-3-14)32-20(27)9-8-19(26)30-12-16-6-7-18(31-16)25-11-10-17(22)23-21(25)28/h2-5,10-11,16,18,29H,6-9,12H2,1H3,(H2,22,23,28)/b24-13+/t16-,18?/m0/s1. The summed E-state index contributed by atoms with van der Waals surface area (Å²) in [5, 5.41) is 11.9. The van der Waals surface area contributed by atoms with Crippen LogP contribution in [0.25, 0.3) is 0 Å². The number of hydrogen-bond acceptors (Lipinski definition) is 10. The van der Waals surface area contributed by atoms with Crippen LogP contribution in [0.4, 0.5) is 5.82 Å². The van der Waals surface area contributed by atoms with Gasteiger partial charge in [0.1, 0.15) is 24.4 Å². The third kappa shape index (κ3) is 6.14. The van der Waals surface area contributed by atoms with Gasteiger partial charge in [0.25, 0.3) is 0 Å². The normalized spacial score (nSPS) is 18.3. The Morgan fingerprint density at radius 2 is 1.94 bits per heavy atom. The summed E-state index contributed by atoms with van der Waals surface area (Å²) in [6, 6.07) is 7.94. The summed E-state index contributed by atoms with van der Waals surface area (Å²) in [6.45, 7) is 1.66. The van der Waals surface area contributed by atoms with Crippen molar-refractivity contribution < 1.29 is 29.0 Å². The molecule has 2 atom stereocenters. The molecule has 1 unspecified atom stereocenters. The topological polar surface area (TPSA) is 155 Å². The third-order valence-electron chi connectivity index (χ3n) is 4.86. The number of aromatic nitrogens is 2. The van der Waals surface area contributed by atoms with Crippen LogP contribution >= 0.6 is 0 Å². The minimum atomic E-state index is -0.574. The molecule has 3 rings (SSSR count). The van der Waals surface area contributed by atoms with Crippen molar-refractivity contribution in [2.45, 2.75) is 44.9 Å². The highest BCUT2D eigenvalue weighted by atomic mass is 16.6. The van der Waals surface area contributed by atoms with E-state index in [2.05, 4.69) is 10.1 Å². The lowest BCUT2D eigenvalue weighted by atomic mass is 10.1. The number of ether oxygens (including phenoxy) is 3. The molecule has 0 amide bonds. The van der Waals surface area contributed by atoms with Gasteiger partial charge in [-0.25, -0.2) is 4.79 Å². The number of hydrogen-bond donors (Lipinski definition) is 2. The maximum Gasteiger partial charge on any atom is 0.351 e. The molecule has 1 saturated heterocycles. The Hall–Kier alpha value is -3.73. The largest absolute Gasteiger partial charge is 0.463 e. The highest BCUT2D eigenvalue weighted by Gasteiger charge is 2.28. The van der Waals surface area contributed by atoms with Crippen molar-refractivity contribution in [2.24, 2.45) is 5.16 Å². The molecule has 0 spiro atoms. The molecule has 0 saturated carbocycles. The molecular weight excluding hydrogens is 420 g/mol. The molecule has 0 radical (unpaired) electrons. The minimum Gasteiger partial charge on any atom is -0.463 e. The summed E-state index contributed by atoms with van der Waals surface area (Å²) in [5.74, 6) is -0.674. The predicted molar refractivity (Wildman–Crippen MR) is 112 cm³/mol. The van der Waals surface area contributed by atoms with Crippen LogP contribution in [-0.2, 0) is 19.1 Å². The molecule has 1 aliphatic heterocycles. The van der Waals surface area contributed by atoms with Crippen LogP contribution in [0.1, 0.15) is 44.4 Å². The fraction of sp³-hybridized carbons (Fsp3) is 0.381. The van der Waals surface area contributed by atoms with Crippen molar-refractivity contribution in [1.82, 2.24) is 9.55 Å². The predicted octanol–water partition coefficient (Wildman–Crippen LogP) is 1.63. The molecule has 3 N–H and O–H groups in total. The lowest BCUT2D eigenvalue weighted by Gasteiger charge is -2.15. The fourth-order valence-corrected chi connectivity index (χ4v) is 3.13. The Labute approximate surface area is 183 Å². The molecule has 0 bridgehead atoms. The van der Waals surface area contributed by atoms with E-state index in [0.717, 1.165) is 0 Å². The van der Waals surface area contributed by atoms with E-state index in [4.69, 9.17) is 25.2 Å². The third-order valence-corrected chi connectivity index (χ3v) is 4.86. The van der Waals surface area contributed by atoms with Crippen molar-refractivity contribution in [3.05, 3.63) is 52.6 Å². The van der Waals surface area contributed by atoms with E-state index in [1.807, 2.05) is 0 Å². The number of nitrogens with two attached hydrogens (primary N) is 1. The smallest absolute Gasteiger partial charge is 0.351 e. The van der Waals surface area contributed by atoms with E-state index in [1.54, 1.807) is 31.2 Å². The van der Waals surface area contributed by atoms with Gasteiger partial charge < -0.3 is 25.2 Å².